The number of carbonyl (C=O) groups excluding carboxylic acids is 1. The molecule has 2 nitrogen and oxygen atoms in total. The first-order chi connectivity index (χ1) is 7.15. The standard InChI is InChI=1S/C12H16.CH3NO/c1-10-8-9-12(10,2)11-6-4-3-5-7-11;2-1-3/h3-7,10H,8-9H2,1-2H3;1H,(H2,2,3). The number of nitrogens with two attached hydrogens (primary N) is 1. The third kappa shape index (κ3) is 2.38. The van der Waals surface area contributed by atoms with Crippen molar-refractivity contribution in [2.45, 2.75) is 32.1 Å². The summed E-state index contributed by atoms with van der Waals surface area (Å²) in [5, 5.41) is 0. The van der Waals surface area contributed by atoms with Crippen LogP contribution < -0.4 is 5.73 Å². The zero-order valence-electron chi connectivity index (χ0n) is 9.44. The fourth-order valence-corrected chi connectivity index (χ4v) is 2.11. The minimum atomic E-state index is 0.250. The third-order valence-corrected chi connectivity index (χ3v) is 3.62. The molecule has 0 radical (unpaired) electrons. The lowest BCUT2D eigenvalue weighted by atomic mass is 9.59. The summed E-state index contributed by atoms with van der Waals surface area (Å²) in [6.45, 7) is 4.74. The van der Waals surface area contributed by atoms with Crippen molar-refractivity contribution < 1.29 is 4.79 Å². The van der Waals surface area contributed by atoms with Gasteiger partial charge in [-0.05, 0) is 29.7 Å². The van der Waals surface area contributed by atoms with Gasteiger partial charge in [0.1, 0.15) is 0 Å². The molecule has 1 aliphatic rings. The molecule has 2 N–H and O–H groups in total. The fraction of sp³-hybridized carbons (Fsp3) is 0.462. The molecule has 1 fully saturated rings. The van der Waals surface area contributed by atoms with E-state index in [4.69, 9.17) is 4.79 Å². The zero-order valence-corrected chi connectivity index (χ0v) is 9.44. The summed E-state index contributed by atoms with van der Waals surface area (Å²) in [7, 11) is 0. The van der Waals surface area contributed by atoms with Crippen molar-refractivity contribution >= 4 is 6.41 Å². The maximum atomic E-state index is 8.58. The van der Waals surface area contributed by atoms with Crippen LogP contribution in [0.3, 0.4) is 0 Å². The summed E-state index contributed by atoms with van der Waals surface area (Å²) >= 11 is 0. The van der Waals surface area contributed by atoms with Gasteiger partial charge in [-0.3, -0.25) is 4.79 Å². The van der Waals surface area contributed by atoms with Gasteiger partial charge in [0.05, 0.1) is 0 Å². The third-order valence-electron chi connectivity index (χ3n) is 3.62. The molecule has 0 saturated heterocycles. The van der Waals surface area contributed by atoms with Gasteiger partial charge in [-0.1, -0.05) is 44.2 Å². The smallest absolute Gasteiger partial charge is 0.204 e. The molecule has 2 atom stereocenters. The Morgan fingerprint density at radius 3 is 2.27 bits per heavy atom. The van der Waals surface area contributed by atoms with Crippen molar-refractivity contribution in [1.29, 1.82) is 0 Å². The predicted octanol–water partition coefficient (Wildman–Crippen LogP) is 2.48. The maximum absolute atomic E-state index is 8.58. The van der Waals surface area contributed by atoms with E-state index in [0.29, 0.717) is 5.41 Å². The SMILES string of the molecule is CC1CCC1(C)c1ccccc1.NC=O. The second kappa shape index (κ2) is 4.96. The van der Waals surface area contributed by atoms with Crippen molar-refractivity contribution in [3.63, 3.8) is 0 Å². The molecule has 1 amide bonds. The predicted molar refractivity (Wildman–Crippen MR) is 62.4 cm³/mol. The van der Waals surface area contributed by atoms with Crippen LogP contribution in [0.25, 0.3) is 0 Å². The van der Waals surface area contributed by atoms with Crippen LogP contribution in [0.2, 0.25) is 0 Å². The van der Waals surface area contributed by atoms with E-state index in [2.05, 4.69) is 49.9 Å². The number of carbonyl (C=O) groups is 1. The Morgan fingerprint density at radius 1 is 1.40 bits per heavy atom. The topological polar surface area (TPSA) is 43.1 Å². The van der Waals surface area contributed by atoms with Crippen LogP contribution in [0.4, 0.5) is 0 Å². The summed E-state index contributed by atoms with van der Waals surface area (Å²) in [6, 6.07) is 10.9. The number of amides is 1. The molecule has 0 bridgehead atoms. The van der Waals surface area contributed by atoms with E-state index < -0.39 is 0 Å². The Bertz CT molecular complexity index is 310. The molecule has 15 heavy (non-hydrogen) atoms. The molecular formula is C13H19NO. The van der Waals surface area contributed by atoms with Crippen molar-refractivity contribution in [2.24, 2.45) is 11.7 Å². The van der Waals surface area contributed by atoms with Gasteiger partial charge < -0.3 is 5.73 Å². The van der Waals surface area contributed by atoms with Gasteiger partial charge in [-0.25, -0.2) is 0 Å². The van der Waals surface area contributed by atoms with Gasteiger partial charge in [0.15, 0.2) is 0 Å². The van der Waals surface area contributed by atoms with Gasteiger partial charge in [-0.15, -0.1) is 0 Å². The molecule has 0 heterocycles. The largest absolute Gasteiger partial charge is 0.372 e. The monoisotopic (exact) mass is 205 g/mol. The first-order valence-corrected chi connectivity index (χ1v) is 5.36. The van der Waals surface area contributed by atoms with Crippen LogP contribution in [0.5, 0.6) is 0 Å². The van der Waals surface area contributed by atoms with Gasteiger partial charge in [0.25, 0.3) is 0 Å². The quantitative estimate of drug-likeness (QED) is 0.703. The summed E-state index contributed by atoms with van der Waals surface area (Å²) in [5.74, 6) is 0.861. The van der Waals surface area contributed by atoms with E-state index in [9.17, 15) is 0 Å². The van der Waals surface area contributed by atoms with Gasteiger partial charge in [-0.2, -0.15) is 0 Å². The molecule has 0 aromatic heterocycles. The lowest BCUT2D eigenvalue weighted by Gasteiger charge is -2.46. The Labute approximate surface area is 91.5 Å². The van der Waals surface area contributed by atoms with Crippen LogP contribution in [-0.2, 0) is 10.2 Å². The Kier molecular flexibility index (Phi) is 3.89. The van der Waals surface area contributed by atoms with Crippen LogP contribution in [0, 0.1) is 5.92 Å². The molecule has 0 spiro atoms. The van der Waals surface area contributed by atoms with Crippen LogP contribution in [0.1, 0.15) is 32.3 Å². The van der Waals surface area contributed by atoms with E-state index in [1.165, 1.54) is 18.4 Å². The number of hydrogen-bond donors (Lipinski definition) is 1. The molecular weight excluding hydrogens is 186 g/mol. The Hall–Kier alpha value is -1.31. The Balaban J connectivity index is 0.000000337. The highest BCUT2D eigenvalue weighted by molar-refractivity contribution is 5.42. The minimum absolute atomic E-state index is 0.250. The van der Waals surface area contributed by atoms with Crippen molar-refractivity contribution in [3.8, 4) is 0 Å². The second-order valence-corrected chi connectivity index (χ2v) is 4.36. The van der Waals surface area contributed by atoms with Gasteiger partial charge in [0.2, 0.25) is 6.41 Å². The molecule has 1 aromatic carbocycles. The van der Waals surface area contributed by atoms with Gasteiger partial charge in [0, 0.05) is 0 Å². The Morgan fingerprint density at radius 2 is 1.93 bits per heavy atom. The average Bonchev–Trinajstić information content (AvgIpc) is 2.28. The number of primary amides is 1. The molecule has 2 unspecified atom stereocenters. The van der Waals surface area contributed by atoms with E-state index >= 15 is 0 Å². The van der Waals surface area contributed by atoms with Crippen LogP contribution in [0.15, 0.2) is 30.3 Å². The van der Waals surface area contributed by atoms with E-state index in [1.54, 1.807) is 0 Å². The zero-order chi connectivity index (χ0) is 11.3. The molecule has 0 aliphatic heterocycles. The molecule has 2 rings (SSSR count). The number of benzene rings is 1. The van der Waals surface area contributed by atoms with Crippen molar-refractivity contribution in [1.82, 2.24) is 0 Å². The average molecular weight is 205 g/mol. The highest BCUT2D eigenvalue weighted by Gasteiger charge is 2.40. The molecule has 1 aliphatic carbocycles. The van der Waals surface area contributed by atoms with Gasteiger partial charge >= 0.3 is 0 Å². The summed E-state index contributed by atoms with van der Waals surface area (Å²) in [4.78, 5) is 8.58. The first-order valence-electron chi connectivity index (χ1n) is 5.36. The molecule has 1 aromatic rings. The minimum Gasteiger partial charge on any atom is -0.372 e. The lowest BCUT2D eigenvalue weighted by molar-refractivity contribution is -0.106. The fourth-order valence-electron chi connectivity index (χ4n) is 2.11. The van der Waals surface area contributed by atoms with Crippen LogP contribution >= 0.6 is 0 Å². The second-order valence-electron chi connectivity index (χ2n) is 4.36. The van der Waals surface area contributed by atoms with Crippen molar-refractivity contribution in [3.05, 3.63) is 35.9 Å². The van der Waals surface area contributed by atoms with E-state index in [-0.39, 0.29) is 6.41 Å². The van der Waals surface area contributed by atoms with Crippen LogP contribution in [-0.4, -0.2) is 6.41 Å². The molecule has 82 valence electrons. The molecule has 1 saturated carbocycles. The first kappa shape index (κ1) is 11.8. The molecule has 2 heteroatoms. The number of rotatable bonds is 1. The summed E-state index contributed by atoms with van der Waals surface area (Å²) in [5.41, 5.74) is 6.16. The lowest BCUT2D eigenvalue weighted by Crippen LogP contribution is -2.39. The highest BCUT2D eigenvalue weighted by atomic mass is 16.1. The normalized spacial score (nSPS) is 28.3. The summed E-state index contributed by atoms with van der Waals surface area (Å²) < 4.78 is 0. The highest BCUT2D eigenvalue weighted by Crippen LogP contribution is 2.47. The number of hydrogen-bond acceptors (Lipinski definition) is 1. The maximum Gasteiger partial charge on any atom is 0.204 e. The van der Waals surface area contributed by atoms with E-state index in [1.807, 2.05) is 0 Å². The summed E-state index contributed by atoms with van der Waals surface area (Å²) in [6.07, 6.45) is 3.00. The van der Waals surface area contributed by atoms with E-state index in [0.717, 1.165) is 5.92 Å². The van der Waals surface area contributed by atoms with Crippen molar-refractivity contribution in [2.75, 3.05) is 0 Å².